The van der Waals surface area contributed by atoms with Gasteiger partial charge in [-0.05, 0) is 25.2 Å². The minimum absolute atomic E-state index is 0. The molecule has 1 radical (unpaired) electrons. The predicted octanol–water partition coefficient (Wildman–Crippen LogP) is 4.96. The molecule has 0 aromatic carbocycles. The Morgan fingerprint density at radius 1 is 0.909 bits per heavy atom. The summed E-state index contributed by atoms with van der Waals surface area (Å²) in [4.78, 5) is 20.5. The van der Waals surface area contributed by atoms with Crippen LogP contribution in [-0.4, -0.2) is 22.2 Å². The van der Waals surface area contributed by atoms with E-state index in [9.17, 15) is 9.59 Å². The van der Waals surface area contributed by atoms with E-state index in [2.05, 4.69) is 20.8 Å². The Balaban J connectivity index is -0.000000315. The van der Waals surface area contributed by atoms with Gasteiger partial charge in [-0.1, -0.05) is 59.8 Å². The summed E-state index contributed by atoms with van der Waals surface area (Å²) in [6.07, 6.45) is 8.33. The third kappa shape index (κ3) is 21.8. The standard InChI is InChI=1S/C9H18O2.C8H16O2.Mn/c1-8(2)6-4-3-5-7-9(10)11;1-3-5-6-7(4-2)8(9)10;/h8H,3-7H2,1-2H3,(H,10,11);7H,3-6H2,1-2H3,(H,9,10);. The van der Waals surface area contributed by atoms with Gasteiger partial charge >= 0.3 is 11.9 Å². The third-order valence-electron chi connectivity index (χ3n) is 3.42. The summed E-state index contributed by atoms with van der Waals surface area (Å²) < 4.78 is 0. The molecule has 5 heteroatoms. The maximum absolute atomic E-state index is 10.4. The van der Waals surface area contributed by atoms with Crippen LogP contribution in [0, 0.1) is 11.8 Å². The Hall–Kier alpha value is -0.541. The average Bonchev–Trinajstić information content (AvgIpc) is 2.39. The maximum Gasteiger partial charge on any atom is 0.306 e. The molecule has 0 saturated heterocycles. The molecule has 0 aliphatic rings. The van der Waals surface area contributed by atoms with Gasteiger partial charge in [0.2, 0.25) is 0 Å². The van der Waals surface area contributed by atoms with E-state index in [1.807, 2.05) is 6.92 Å². The molecule has 133 valence electrons. The Kier molecular flexibility index (Phi) is 22.2. The van der Waals surface area contributed by atoms with Crippen LogP contribution in [0.25, 0.3) is 0 Å². The van der Waals surface area contributed by atoms with Crippen molar-refractivity contribution >= 4 is 11.9 Å². The molecule has 1 unspecified atom stereocenters. The molecule has 0 saturated carbocycles. The second kappa shape index (κ2) is 18.5. The van der Waals surface area contributed by atoms with Crippen LogP contribution in [0.1, 0.15) is 85.5 Å². The zero-order valence-corrected chi connectivity index (χ0v) is 15.8. The molecular weight excluding hydrogens is 323 g/mol. The van der Waals surface area contributed by atoms with Gasteiger partial charge in [0.25, 0.3) is 0 Å². The molecule has 0 aromatic heterocycles. The van der Waals surface area contributed by atoms with E-state index in [0.717, 1.165) is 44.4 Å². The van der Waals surface area contributed by atoms with Crippen LogP contribution in [0.15, 0.2) is 0 Å². The quantitative estimate of drug-likeness (QED) is 0.405. The van der Waals surface area contributed by atoms with E-state index in [1.54, 1.807) is 0 Å². The zero-order chi connectivity index (χ0) is 16.7. The molecule has 0 aliphatic carbocycles. The number of carboxylic acids is 2. The largest absolute Gasteiger partial charge is 0.481 e. The van der Waals surface area contributed by atoms with Gasteiger partial charge in [-0.2, -0.15) is 0 Å². The Bertz CT molecular complexity index is 267. The number of carbonyl (C=O) groups is 2. The fraction of sp³-hybridized carbons (Fsp3) is 0.882. The van der Waals surface area contributed by atoms with Gasteiger partial charge in [-0.3, -0.25) is 9.59 Å². The fourth-order valence-corrected chi connectivity index (χ4v) is 1.96. The first-order chi connectivity index (χ1) is 9.84. The van der Waals surface area contributed by atoms with Crippen molar-refractivity contribution in [2.45, 2.75) is 85.5 Å². The van der Waals surface area contributed by atoms with Gasteiger partial charge < -0.3 is 10.2 Å². The van der Waals surface area contributed by atoms with Crippen molar-refractivity contribution in [2.75, 3.05) is 0 Å². The molecule has 0 rings (SSSR count). The van der Waals surface area contributed by atoms with Crippen molar-refractivity contribution in [1.29, 1.82) is 0 Å². The summed E-state index contributed by atoms with van der Waals surface area (Å²) in [6.45, 7) is 8.39. The summed E-state index contributed by atoms with van der Waals surface area (Å²) in [7, 11) is 0. The zero-order valence-electron chi connectivity index (χ0n) is 14.6. The molecule has 0 fully saturated rings. The van der Waals surface area contributed by atoms with Gasteiger partial charge in [0.1, 0.15) is 0 Å². The number of unbranched alkanes of at least 4 members (excludes halogenated alkanes) is 3. The first kappa shape index (κ1) is 26.4. The van der Waals surface area contributed by atoms with Crippen molar-refractivity contribution < 1.29 is 36.9 Å². The molecule has 0 bridgehead atoms. The summed E-state index contributed by atoms with van der Waals surface area (Å²) in [5.41, 5.74) is 0. The second-order valence-corrected chi connectivity index (χ2v) is 5.97. The average molecular weight is 357 g/mol. The smallest absolute Gasteiger partial charge is 0.306 e. The summed E-state index contributed by atoms with van der Waals surface area (Å²) in [5, 5.41) is 16.9. The van der Waals surface area contributed by atoms with Gasteiger partial charge in [-0.25, -0.2) is 0 Å². The van der Waals surface area contributed by atoms with E-state index in [0.29, 0.717) is 6.42 Å². The van der Waals surface area contributed by atoms with Crippen LogP contribution in [0.3, 0.4) is 0 Å². The van der Waals surface area contributed by atoms with Crippen LogP contribution < -0.4 is 0 Å². The van der Waals surface area contributed by atoms with E-state index in [1.165, 1.54) is 12.8 Å². The van der Waals surface area contributed by atoms with Crippen LogP contribution in [0.2, 0.25) is 0 Å². The molecule has 22 heavy (non-hydrogen) atoms. The SMILES string of the molecule is CC(C)CCCCCC(=O)O.CCCCC(CC)C(=O)O.[Mn]. The summed E-state index contributed by atoms with van der Waals surface area (Å²) >= 11 is 0. The topological polar surface area (TPSA) is 74.6 Å². The number of rotatable bonds is 11. The number of hydrogen-bond donors (Lipinski definition) is 2. The van der Waals surface area contributed by atoms with Crippen LogP contribution >= 0.6 is 0 Å². The molecule has 1 atom stereocenters. The molecular formula is C17H34MnO4. The molecule has 4 nitrogen and oxygen atoms in total. The Labute approximate surface area is 146 Å². The van der Waals surface area contributed by atoms with E-state index < -0.39 is 11.9 Å². The fourth-order valence-electron chi connectivity index (χ4n) is 1.96. The van der Waals surface area contributed by atoms with Crippen molar-refractivity contribution in [1.82, 2.24) is 0 Å². The van der Waals surface area contributed by atoms with Gasteiger partial charge in [-0.15, -0.1) is 0 Å². The summed E-state index contributed by atoms with van der Waals surface area (Å²) in [6, 6.07) is 0. The molecule has 0 amide bonds. The molecule has 0 heterocycles. The Morgan fingerprint density at radius 3 is 1.86 bits per heavy atom. The minimum atomic E-state index is -0.672. The van der Waals surface area contributed by atoms with E-state index in [-0.39, 0.29) is 23.0 Å². The predicted molar refractivity (Wildman–Crippen MR) is 86.5 cm³/mol. The van der Waals surface area contributed by atoms with Crippen molar-refractivity contribution in [3.63, 3.8) is 0 Å². The first-order valence-corrected chi connectivity index (χ1v) is 8.29. The Morgan fingerprint density at radius 2 is 1.50 bits per heavy atom. The van der Waals surface area contributed by atoms with Gasteiger partial charge in [0.05, 0.1) is 5.92 Å². The molecule has 2 N–H and O–H groups in total. The van der Waals surface area contributed by atoms with Crippen LogP contribution in [0.5, 0.6) is 0 Å². The summed E-state index contributed by atoms with van der Waals surface area (Å²) in [5.74, 6) is -0.676. The van der Waals surface area contributed by atoms with Crippen molar-refractivity contribution in [3.8, 4) is 0 Å². The molecule has 0 aromatic rings. The maximum atomic E-state index is 10.4. The number of aliphatic carboxylic acids is 2. The number of carboxylic acid groups (broad SMARTS) is 2. The van der Waals surface area contributed by atoms with E-state index in [4.69, 9.17) is 10.2 Å². The first-order valence-electron chi connectivity index (χ1n) is 8.29. The monoisotopic (exact) mass is 357 g/mol. The van der Waals surface area contributed by atoms with E-state index >= 15 is 0 Å². The van der Waals surface area contributed by atoms with Gasteiger partial charge in [0, 0.05) is 23.5 Å². The van der Waals surface area contributed by atoms with Crippen LogP contribution in [-0.2, 0) is 26.7 Å². The van der Waals surface area contributed by atoms with Crippen molar-refractivity contribution in [3.05, 3.63) is 0 Å². The second-order valence-electron chi connectivity index (χ2n) is 5.97. The molecule has 0 aliphatic heterocycles. The van der Waals surface area contributed by atoms with Gasteiger partial charge in [0.15, 0.2) is 0 Å². The number of hydrogen-bond acceptors (Lipinski definition) is 2. The van der Waals surface area contributed by atoms with Crippen LogP contribution in [0.4, 0.5) is 0 Å². The molecule has 0 spiro atoms. The van der Waals surface area contributed by atoms with Crippen molar-refractivity contribution in [2.24, 2.45) is 11.8 Å². The minimum Gasteiger partial charge on any atom is -0.481 e. The third-order valence-corrected chi connectivity index (χ3v) is 3.42. The normalized spacial score (nSPS) is 11.1.